The normalized spacial score (nSPS) is 15.7. The van der Waals surface area contributed by atoms with Crippen molar-refractivity contribution in [1.29, 1.82) is 0 Å². The Kier molecular flexibility index (Phi) is 7.96. The van der Waals surface area contributed by atoms with Gasteiger partial charge in [-0.1, -0.05) is 6.07 Å². The van der Waals surface area contributed by atoms with Gasteiger partial charge in [0.25, 0.3) is 5.91 Å². The summed E-state index contributed by atoms with van der Waals surface area (Å²) >= 11 is 0. The fourth-order valence-electron chi connectivity index (χ4n) is 5.18. The molecule has 0 atom stereocenters. The summed E-state index contributed by atoms with van der Waals surface area (Å²) in [5, 5.41) is 11.9. The minimum absolute atomic E-state index is 0.0777. The summed E-state index contributed by atoms with van der Waals surface area (Å²) in [5.41, 5.74) is 10.6. The van der Waals surface area contributed by atoms with Crippen LogP contribution in [0.4, 0.5) is 30.2 Å². The molecule has 1 amide bonds. The molecule has 2 aliphatic rings. The summed E-state index contributed by atoms with van der Waals surface area (Å²) < 4.78 is 43.5. The second-order valence-corrected chi connectivity index (χ2v) is 10.5. The maximum absolute atomic E-state index is 13.9. The van der Waals surface area contributed by atoms with Crippen LogP contribution in [0.25, 0.3) is 5.70 Å². The van der Waals surface area contributed by atoms with Gasteiger partial charge in [-0.25, -0.2) is 0 Å². The van der Waals surface area contributed by atoms with Gasteiger partial charge in [-0.2, -0.15) is 18.3 Å². The van der Waals surface area contributed by atoms with E-state index in [2.05, 4.69) is 31.6 Å². The number of alkyl halides is 3. The second-order valence-electron chi connectivity index (χ2n) is 10.5. The molecule has 218 valence electrons. The Balaban J connectivity index is 1.36. The zero-order valence-corrected chi connectivity index (χ0v) is 23.6. The summed E-state index contributed by atoms with van der Waals surface area (Å²) in [6, 6.07) is 7.71. The van der Waals surface area contributed by atoms with Gasteiger partial charge in [-0.3, -0.25) is 14.5 Å². The average molecular weight is 569 g/mol. The van der Waals surface area contributed by atoms with Crippen LogP contribution in [0.1, 0.15) is 51.1 Å². The molecule has 0 bridgehead atoms. The summed E-state index contributed by atoms with van der Waals surface area (Å²) in [5.74, 6) is -0.509. The molecule has 9 nitrogen and oxygen atoms in total. The van der Waals surface area contributed by atoms with Crippen LogP contribution in [0, 0.1) is 20.8 Å². The number of halogens is 3. The number of hydrogen-bond acceptors (Lipinski definition) is 7. The van der Waals surface area contributed by atoms with Gasteiger partial charge in [-0.05, 0) is 82.1 Å². The quantitative estimate of drug-likeness (QED) is 0.306. The zero-order chi connectivity index (χ0) is 29.3. The van der Waals surface area contributed by atoms with Gasteiger partial charge in [0.2, 0.25) is 0 Å². The van der Waals surface area contributed by atoms with Crippen LogP contribution < -0.4 is 26.6 Å². The van der Waals surface area contributed by atoms with Crippen LogP contribution in [0.5, 0.6) is 0 Å². The zero-order valence-electron chi connectivity index (χ0n) is 23.6. The van der Waals surface area contributed by atoms with Crippen LogP contribution >= 0.6 is 0 Å². The number of benzene rings is 2. The summed E-state index contributed by atoms with van der Waals surface area (Å²) in [6.07, 6.45) is 1.36. The molecule has 0 saturated carbocycles. The van der Waals surface area contributed by atoms with Crippen molar-refractivity contribution in [2.75, 3.05) is 41.8 Å². The van der Waals surface area contributed by atoms with Crippen molar-refractivity contribution < 1.29 is 18.0 Å². The number of nitrogens with one attached hydrogen (secondary N) is 4. The highest BCUT2D eigenvalue weighted by molar-refractivity contribution is 6.05. The number of aromatic nitrogens is 2. The Morgan fingerprint density at radius 1 is 1.10 bits per heavy atom. The van der Waals surface area contributed by atoms with Crippen LogP contribution in [0.15, 0.2) is 42.7 Å². The third kappa shape index (κ3) is 6.18. The number of rotatable bonds is 8. The fourth-order valence-corrected chi connectivity index (χ4v) is 5.18. The first-order valence-electron chi connectivity index (χ1n) is 13.6. The molecule has 5 rings (SSSR count). The van der Waals surface area contributed by atoms with Gasteiger partial charge < -0.3 is 21.0 Å². The largest absolute Gasteiger partial charge is 0.416 e. The third-order valence-corrected chi connectivity index (χ3v) is 7.74. The van der Waals surface area contributed by atoms with Crippen LogP contribution in [0.2, 0.25) is 0 Å². The summed E-state index contributed by atoms with van der Waals surface area (Å²) in [7, 11) is 1.87. The minimum atomic E-state index is -4.56. The second kappa shape index (κ2) is 11.5. The maximum atomic E-state index is 13.9. The first-order valence-corrected chi connectivity index (χ1v) is 13.6. The Morgan fingerprint density at radius 2 is 1.85 bits per heavy atom. The number of hydrogen-bond donors (Lipinski definition) is 4. The van der Waals surface area contributed by atoms with E-state index in [1.165, 1.54) is 6.92 Å². The smallest absolute Gasteiger partial charge is 0.383 e. The molecule has 41 heavy (non-hydrogen) atoms. The number of aryl methyl sites for hydroxylation is 2. The third-order valence-electron chi connectivity index (χ3n) is 7.74. The highest BCUT2D eigenvalue weighted by Gasteiger charge is 2.34. The first-order chi connectivity index (χ1) is 19.5. The van der Waals surface area contributed by atoms with Gasteiger partial charge in [0, 0.05) is 54.5 Å². The lowest BCUT2D eigenvalue weighted by Crippen LogP contribution is -2.36. The van der Waals surface area contributed by atoms with Gasteiger partial charge in [0.05, 0.1) is 23.1 Å². The molecule has 1 saturated heterocycles. The fraction of sp³-hybridized carbons (Fsp3) is 0.379. The lowest BCUT2D eigenvalue weighted by molar-refractivity contribution is -0.138. The molecule has 0 radical (unpaired) electrons. The average Bonchev–Trinajstić information content (AvgIpc) is 3.68. The van der Waals surface area contributed by atoms with E-state index in [0.717, 1.165) is 61.1 Å². The predicted octanol–water partition coefficient (Wildman–Crippen LogP) is 4.95. The Bertz CT molecular complexity index is 1470. The minimum Gasteiger partial charge on any atom is -0.383 e. The van der Waals surface area contributed by atoms with E-state index in [1.54, 1.807) is 40.2 Å². The number of hydrazine groups is 2. The molecule has 4 N–H and O–H groups in total. The van der Waals surface area contributed by atoms with E-state index in [-0.39, 0.29) is 11.3 Å². The lowest BCUT2D eigenvalue weighted by Gasteiger charge is -2.20. The molecule has 2 aliphatic heterocycles. The van der Waals surface area contributed by atoms with Crippen molar-refractivity contribution in [3.8, 4) is 0 Å². The van der Waals surface area contributed by atoms with E-state index in [4.69, 9.17) is 0 Å². The number of anilines is 3. The van der Waals surface area contributed by atoms with Crippen LogP contribution in [-0.2, 0) is 13.2 Å². The van der Waals surface area contributed by atoms with Crippen LogP contribution in [-0.4, -0.2) is 46.8 Å². The number of likely N-dealkylation sites (tertiary alicyclic amines) is 1. The van der Waals surface area contributed by atoms with Crippen molar-refractivity contribution in [3.05, 3.63) is 76.2 Å². The molecular formula is C29H35F3N8O. The van der Waals surface area contributed by atoms with E-state index in [9.17, 15) is 18.0 Å². The molecule has 2 aromatic carbocycles. The SMILES string of the molecule is Cc1ccc(C(=O)Nc2cc(NCCN3CCCC3)c(C)c(C(F)(F)F)c2)cc1N1C=C(c2cnn(C)c2C)NN1. The first kappa shape index (κ1) is 28.5. The highest BCUT2D eigenvalue weighted by Crippen LogP contribution is 2.37. The van der Waals surface area contributed by atoms with Gasteiger partial charge in [0.15, 0.2) is 0 Å². The molecule has 3 heterocycles. The number of carbonyl (C=O) groups is 1. The van der Waals surface area contributed by atoms with Crippen molar-refractivity contribution >= 4 is 28.7 Å². The molecule has 0 spiro atoms. The number of carbonyl (C=O) groups excluding carboxylic acids is 1. The van der Waals surface area contributed by atoms with E-state index in [0.29, 0.717) is 23.5 Å². The monoisotopic (exact) mass is 568 g/mol. The maximum Gasteiger partial charge on any atom is 0.416 e. The molecular weight excluding hydrogens is 533 g/mol. The molecule has 0 unspecified atom stereocenters. The topological polar surface area (TPSA) is 89.5 Å². The molecule has 1 fully saturated rings. The molecule has 12 heteroatoms. The van der Waals surface area contributed by atoms with E-state index < -0.39 is 17.6 Å². The Labute approximate surface area is 237 Å². The Morgan fingerprint density at radius 3 is 2.54 bits per heavy atom. The lowest BCUT2D eigenvalue weighted by atomic mass is 10.0. The highest BCUT2D eigenvalue weighted by atomic mass is 19.4. The van der Waals surface area contributed by atoms with Gasteiger partial charge in [-0.15, -0.1) is 5.53 Å². The van der Waals surface area contributed by atoms with E-state index in [1.807, 2.05) is 27.1 Å². The van der Waals surface area contributed by atoms with Gasteiger partial charge >= 0.3 is 6.18 Å². The van der Waals surface area contributed by atoms with Crippen molar-refractivity contribution in [2.45, 2.75) is 39.8 Å². The number of nitrogens with zero attached hydrogens (tertiary/aromatic N) is 4. The van der Waals surface area contributed by atoms with Crippen molar-refractivity contribution in [1.82, 2.24) is 25.6 Å². The number of amides is 1. The molecule has 1 aromatic heterocycles. The van der Waals surface area contributed by atoms with Gasteiger partial charge in [0.1, 0.15) is 0 Å². The van der Waals surface area contributed by atoms with Crippen LogP contribution in [0.3, 0.4) is 0 Å². The predicted molar refractivity (Wildman–Crippen MR) is 154 cm³/mol. The standard InChI is InChI=1S/C29H35F3N8O/c1-18-7-8-21(13-27(18)40-17-26(36-37-40)23-16-34-38(4)20(23)3)28(41)35-22-14-24(29(30,31)32)19(2)25(15-22)33-9-12-39-10-5-6-11-39/h7-8,13-17,33,36-37H,5-6,9-12H2,1-4H3,(H,35,41). The molecule has 3 aromatic rings. The summed E-state index contributed by atoms with van der Waals surface area (Å²) in [4.78, 5) is 15.6. The van der Waals surface area contributed by atoms with Crippen molar-refractivity contribution in [3.63, 3.8) is 0 Å². The van der Waals surface area contributed by atoms with E-state index >= 15 is 0 Å². The summed E-state index contributed by atoms with van der Waals surface area (Å²) in [6.45, 7) is 8.60. The van der Waals surface area contributed by atoms with Crippen molar-refractivity contribution in [2.24, 2.45) is 7.05 Å². The Hall–Kier alpha value is -4.03. The molecule has 0 aliphatic carbocycles.